The normalized spacial score (nSPS) is 31.6. The van der Waals surface area contributed by atoms with E-state index in [1.807, 2.05) is 0 Å². The van der Waals surface area contributed by atoms with Crippen LogP contribution in [-0.2, 0) is 4.79 Å². The van der Waals surface area contributed by atoms with E-state index in [1.165, 1.54) is 12.8 Å². The van der Waals surface area contributed by atoms with Crippen molar-refractivity contribution in [2.45, 2.75) is 38.6 Å². The maximum Gasteiger partial charge on any atom is 0.222 e. The first-order chi connectivity index (χ1) is 6.81. The second kappa shape index (κ2) is 4.30. The van der Waals surface area contributed by atoms with Crippen molar-refractivity contribution in [2.75, 3.05) is 19.6 Å². The zero-order chi connectivity index (χ0) is 9.97. The van der Waals surface area contributed by atoms with Crippen LogP contribution < -0.4 is 5.32 Å². The third kappa shape index (κ3) is 1.92. The number of nitrogens with zero attached hydrogens (tertiary/aromatic N) is 1. The molecule has 0 aromatic heterocycles. The van der Waals surface area contributed by atoms with Crippen molar-refractivity contribution in [3.8, 4) is 0 Å². The van der Waals surface area contributed by atoms with Crippen LogP contribution in [0.5, 0.6) is 0 Å². The first-order valence-electron chi connectivity index (χ1n) is 5.82. The summed E-state index contributed by atoms with van der Waals surface area (Å²) in [5.74, 6) is 1.08. The average molecular weight is 196 g/mol. The molecule has 0 unspecified atom stereocenters. The molecule has 3 heteroatoms. The quantitative estimate of drug-likeness (QED) is 0.714. The molecule has 0 bridgehead atoms. The molecule has 1 N–H and O–H groups in total. The zero-order valence-corrected chi connectivity index (χ0v) is 8.96. The molecule has 80 valence electrons. The summed E-state index contributed by atoms with van der Waals surface area (Å²) in [5.41, 5.74) is 0. The van der Waals surface area contributed by atoms with Crippen LogP contribution in [0.25, 0.3) is 0 Å². The van der Waals surface area contributed by atoms with Crippen molar-refractivity contribution >= 4 is 5.91 Å². The minimum Gasteiger partial charge on any atom is -0.341 e. The smallest absolute Gasteiger partial charge is 0.222 e. The number of nitrogens with one attached hydrogen (secondary N) is 1. The van der Waals surface area contributed by atoms with Gasteiger partial charge in [0.1, 0.15) is 0 Å². The van der Waals surface area contributed by atoms with Gasteiger partial charge in [-0.2, -0.15) is 0 Å². The minimum atomic E-state index is 0.351. The molecule has 2 saturated heterocycles. The number of fused-ring (bicyclic) bond motifs is 1. The van der Waals surface area contributed by atoms with Gasteiger partial charge in [0.25, 0.3) is 0 Å². The molecule has 2 fully saturated rings. The molecule has 0 aromatic carbocycles. The maximum atomic E-state index is 11.7. The number of likely N-dealkylation sites (tertiary alicyclic amines) is 1. The molecule has 2 rings (SSSR count). The Bertz CT molecular complexity index is 203. The van der Waals surface area contributed by atoms with Gasteiger partial charge in [-0.25, -0.2) is 0 Å². The van der Waals surface area contributed by atoms with Gasteiger partial charge >= 0.3 is 0 Å². The van der Waals surface area contributed by atoms with Gasteiger partial charge in [0.2, 0.25) is 5.91 Å². The molecule has 2 heterocycles. The van der Waals surface area contributed by atoms with Gasteiger partial charge < -0.3 is 10.2 Å². The predicted molar refractivity (Wildman–Crippen MR) is 56.0 cm³/mol. The van der Waals surface area contributed by atoms with E-state index < -0.39 is 0 Å². The Labute approximate surface area is 85.8 Å². The standard InChI is InChI=1S/C11H20N2O/c1-2-4-11(14)13-7-9-5-3-6-12-10(9)8-13/h9-10,12H,2-8H2,1H3/t9-,10+/m0/s1. The maximum absolute atomic E-state index is 11.7. The number of rotatable bonds is 2. The second-order valence-corrected chi connectivity index (χ2v) is 4.51. The number of hydrogen-bond donors (Lipinski definition) is 1. The lowest BCUT2D eigenvalue weighted by Crippen LogP contribution is -2.41. The van der Waals surface area contributed by atoms with E-state index >= 15 is 0 Å². The summed E-state index contributed by atoms with van der Waals surface area (Å²) in [7, 11) is 0. The van der Waals surface area contributed by atoms with Gasteiger partial charge in [0.15, 0.2) is 0 Å². The summed E-state index contributed by atoms with van der Waals surface area (Å²) < 4.78 is 0. The van der Waals surface area contributed by atoms with Crippen molar-refractivity contribution in [1.29, 1.82) is 0 Å². The van der Waals surface area contributed by atoms with Gasteiger partial charge in [-0.15, -0.1) is 0 Å². The molecule has 2 atom stereocenters. The van der Waals surface area contributed by atoms with Crippen LogP contribution in [0, 0.1) is 5.92 Å². The van der Waals surface area contributed by atoms with E-state index in [1.54, 1.807) is 0 Å². The van der Waals surface area contributed by atoms with Crippen LogP contribution in [0.1, 0.15) is 32.6 Å². The minimum absolute atomic E-state index is 0.351. The third-order valence-electron chi connectivity index (χ3n) is 3.42. The summed E-state index contributed by atoms with van der Waals surface area (Å²) in [4.78, 5) is 13.7. The predicted octanol–water partition coefficient (Wildman–Crippen LogP) is 0.997. The van der Waals surface area contributed by atoms with E-state index in [-0.39, 0.29) is 0 Å². The van der Waals surface area contributed by atoms with Crippen molar-refractivity contribution in [2.24, 2.45) is 5.92 Å². The lowest BCUT2D eigenvalue weighted by Gasteiger charge is -2.24. The highest BCUT2D eigenvalue weighted by molar-refractivity contribution is 5.76. The highest BCUT2D eigenvalue weighted by Crippen LogP contribution is 2.25. The summed E-state index contributed by atoms with van der Waals surface area (Å²) in [6.45, 7) is 5.15. The Kier molecular flexibility index (Phi) is 3.06. The Balaban J connectivity index is 1.89. The summed E-state index contributed by atoms with van der Waals surface area (Å²) in [5, 5.41) is 3.51. The Morgan fingerprint density at radius 1 is 1.50 bits per heavy atom. The highest BCUT2D eigenvalue weighted by atomic mass is 16.2. The highest BCUT2D eigenvalue weighted by Gasteiger charge is 2.35. The number of hydrogen-bond acceptors (Lipinski definition) is 2. The van der Waals surface area contributed by atoms with Gasteiger partial charge in [0.05, 0.1) is 0 Å². The number of amides is 1. The first kappa shape index (κ1) is 9.97. The van der Waals surface area contributed by atoms with Crippen LogP contribution in [0.3, 0.4) is 0 Å². The van der Waals surface area contributed by atoms with Crippen molar-refractivity contribution in [1.82, 2.24) is 10.2 Å². The molecule has 0 radical (unpaired) electrons. The number of carbonyl (C=O) groups is 1. The Morgan fingerprint density at radius 2 is 2.36 bits per heavy atom. The first-order valence-corrected chi connectivity index (χ1v) is 5.82. The van der Waals surface area contributed by atoms with E-state index in [9.17, 15) is 4.79 Å². The SMILES string of the molecule is CCCC(=O)N1C[C@@H]2CCCN[C@@H]2C1. The van der Waals surface area contributed by atoms with E-state index in [4.69, 9.17) is 0 Å². The van der Waals surface area contributed by atoms with Crippen LogP contribution >= 0.6 is 0 Å². The molecular weight excluding hydrogens is 176 g/mol. The molecule has 3 nitrogen and oxygen atoms in total. The van der Waals surface area contributed by atoms with Gasteiger partial charge in [0, 0.05) is 25.6 Å². The third-order valence-corrected chi connectivity index (χ3v) is 3.42. The Morgan fingerprint density at radius 3 is 3.07 bits per heavy atom. The van der Waals surface area contributed by atoms with Crippen LogP contribution in [0.2, 0.25) is 0 Å². The molecule has 0 spiro atoms. The van der Waals surface area contributed by atoms with Crippen LogP contribution in [0.4, 0.5) is 0 Å². The molecule has 2 aliphatic rings. The molecule has 0 aromatic rings. The average Bonchev–Trinajstić information content (AvgIpc) is 2.61. The number of carbonyl (C=O) groups excluding carboxylic acids is 1. The van der Waals surface area contributed by atoms with Gasteiger partial charge in [-0.3, -0.25) is 4.79 Å². The van der Waals surface area contributed by atoms with E-state index in [0.29, 0.717) is 11.9 Å². The topological polar surface area (TPSA) is 32.3 Å². The fourth-order valence-corrected chi connectivity index (χ4v) is 2.62. The fourth-order valence-electron chi connectivity index (χ4n) is 2.62. The molecule has 14 heavy (non-hydrogen) atoms. The lowest BCUT2D eigenvalue weighted by atomic mass is 9.94. The van der Waals surface area contributed by atoms with Crippen molar-refractivity contribution in [3.63, 3.8) is 0 Å². The molecular formula is C11H20N2O. The largest absolute Gasteiger partial charge is 0.341 e. The monoisotopic (exact) mass is 196 g/mol. The summed E-state index contributed by atoms with van der Waals surface area (Å²) in [6, 6.07) is 0.588. The summed E-state index contributed by atoms with van der Waals surface area (Å²) >= 11 is 0. The number of piperidine rings is 1. The van der Waals surface area contributed by atoms with Gasteiger partial charge in [-0.1, -0.05) is 6.92 Å². The lowest BCUT2D eigenvalue weighted by molar-refractivity contribution is -0.130. The molecule has 0 aliphatic carbocycles. The van der Waals surface area contributed by atoms with Crippen LogP contribution in [0.15, 0.2) is 0 Å². The fraction of sp³-hybridized carbons (Fsp3) is 0.909. The van der Waals surface area contributed by atoms with Crippen molar-refractivity contribution in [3.05, 3.63) is 0 Å². The zero-order valence-electron chi connectivity index (χ0n) is 8.96. The second-order valence-electron chi connectivity index (χ2n) is 4.51. The molecule has 0 saturated carbocycles. The summed E-state index contributed by atoms with van der Waals surface area (Å²) in [6.07, 6.45) is 4.27. The molecule has 2 aliphatic heterocycles. The molecule has 1 amide bonds. The van der Waals surface area contributed by atoms with Crippen LogP contribution in [-0.4, -0.2) is 36.5 Å². The van der Waals surface area contributed by atoms with E-state index in [2.05, 4.69) is 17.1 Å². The van der Waals surface area contributed by atoms with Gasteiger partial charge in [-0.05, 0) is 31.7 Å². The van der Waals surface area contributed by atoms with Crippen molar-refractivity contribution < 1.29 is 4.79 Å². The van der Waals surface area contributed by atoms with E-state index in [0.717, 1.165) is 38.4 Å². The Hall–Kier alpha value is -0.570.